The molecule has 3 heteroatoms. The zero-order valence-electron chi connectivity index (χ0n) is 9.23. The molecule has 0 saturated heterocycles. The topological polar surface area (TPSA) is 46.3 Å². The van der Waals surface area contributed by atoms with E-state index in [1.165, 1.54) is 0 Å². The van der Waals surface area contributed by atoms with Crippen molar-refractivity contribution in [2.45, 2.75) is 39.3 Å². The number of nitrogens with zero attached hydrogens (tertiary/aromatic N) is 1. The fraction of sp³-hybridized carbons (Fsp3) is 0.727. The van der Waals surface area contributed by atoms with E-state index in [0.29, 0.717) is 0 Å². The van der Waals surface area contributed by atoms with Gasteiger partial charge in [-0.25, -0.2) is 0 Å². The molecule has 1 amide bonds. The first-order chi connectivity index (χ1) is 6.56. The van der Waals surface area contributed by atoms with Crippen molar-refractivity contribution in [1.29, 1.82) is 0 Å². The van der Waals surface area contributed by atoms with Gasteiger partial charge in [-0.3, -0.25) is 4.79 Å². The molecule has 0 aromatic heterocycles. The Morgan fingerprint density at radius 2 is 2.21 bits per heavy atom. The number of amides is 1. The summed E-state index contributed by atoms with van der Waals surface area (Å²) in [6, 6.07) is 0.340. The van der Waals surface area contributed by atoms with Crippen LogP contribution in [0.25, 0.3) is 0 Å². The number of carbonyl (C=O) groups is 1. The summed E-state index contributed by atoms with van der Waals surface area (Å²) >= 11 is 0. The predicted octanol–water partition coefficient (Wildman–Crippen LogP) is 1.15. The molecule has 0 aromatic carbocycles. The minimum absolute atomic E-state index is 0.00681. The van der Waals surface area contributed by atoms with E-state index >= 15 is 0 Å². The maximum Gasteiger partial charge on any atom is 0.229 e. The predicted molar refractivity (Wildman–Crippen MR) is 57.7 cm³/mol. The van der Waals surface area contributed by atoms with Gasteiger partial charge in [0.15, 0.2) is 0 Å². The van der Waals surface area contributed by atoms with E-state index in [2.05, 4.69) is 0 Å². The molecule has 0 aliphatic heterocycles. The third-order valence-corrected chi connectivity index (χ3v) is 2.68. The van der Waals surface area contributed by atoms with Crippen molar-refractivity contribution in [3.8, 4) is 0 Å². The lowest BCUT2D eigenvalue weighted by Gasteiger charge is -2.27. The highest BCUT2D eigenvalue weighted by molar-refractivity contribution is 5.81. The van der Waals surface area contributed by atoms with Crippen LogP contribution in [0.2, 0.25) is 0 Å². The van der Waals surface area contributed by atoms with Crippen LogP contribution < -0.4 is 5.73 Å². The summed E-state index contributed by atoms with van der Waals surface area (Å²) in [6.45, 7) is 6.87. The van der Waals surface area contributed by atoms with Crippen LogP contribution in [-0.2, 0) is 4.79 Å². The van der Waals surface area contributed by atoms with E-state index < -0.39 is 0 Å². The Labute approximate surface area is 86.0 Å². The molecular weight excluding hydrogens is 176 g/mol. The van der Waals surface area contributed by atoms with Crippen molar-refractivity contribution in [2.75, 3.05) is 6.54 Å². The van der Waals surface area contributed by atoms with Gasteiger partial charge in [0.1, 0.15) is 0 Å². The van der Waals surface area contributed by atoms with Crippen LogP contribution in [0.1, 0.15) is 27.2 Å². The molecule has 2 unspecified atom stereocenters. The first-order valence-electron chi connectivity index (χ1n) is 5.30. The third-order valence-electron chi connectivity index (χ3n) is 2.68. The largest absolute Gasteiger partial charge is 0.340 e. The average molecular weight is 196 g/mol. The molecule has 0 bridgehead atoms. The zero-order valence-corrected chi connectivity index (χ0v) is 9.23. The average Bonchev–Trinajstić information content (AvgIpc) is 2.52. The van der Waals surface area contributed by atoms with Crippen LogP contribution in [0.3, 0.4) is 0 Å². The Hall–Kier alpha value is -0.830. The third kappa shape index (κ3) is 2.35. The van der Waals surface area contributed by atoms with Gasteiger partial charge in [-0.15, -0.1) is 0 Å². The molecule has 0 fully saturated rings. The minimum Gasteiger partial charge on any atom is -0.340 e. The molecule has 2 atom stereocenters. The fourth-order valence-corrected chi connectivity index (χ4v) is 1.90. The van der Waals surface area contributed by atoms with Gasteiger partial charge in [0.25, 0.3) is 0 Å². The number of hydrogen-bond donors (Lipinski definition) is 1. The van der Waals surface area contributed by atoms with Crippen molar-refractivity contribution in [2.24, 2.45) is 11.7 Å². The summed E-state index contributed by atoms with van der Waals surface area (Å²) in [5.74, 6) is 0.221. The van der Waals surface area contributed by atoms with E-state index in [1.54, 1.807) is 0 Å². The SMILES string of the molecule is CCN(C(=O)C1C=CC(N)C1)C(C)C. The lowest BCUT2D eigenvalue weighted by Crippen LogP contribution is -2.40. The number of carbonyl (C=O) groups excluding carboxylic acids is 1. The standard InChI is InChI=1S/C11H20N2O/c1-4-13(8(2)3)11(14)9-5-6-10(12)7-9/h5-6,8-10H,4,7,12H2,1-3H3. The minimum atomic E-state index is 0.00681. The Bertz CT molecular complexity index is 235. The van der Waals surface area contributed by atoms with E-state index in [0.717, 1.165) is 13.0 Å². The molecule has 3 nitrogen and oxygen atoms in total. The number of nitrogens with two attached hydrogens (primary N) is 1. The van der Waals surface area contributed by atoms with Crippen LogP contribution >= 0.6 is 0 Å². The van der Waals surface area contributed by atoms with Gasteiger partial charge in [0, 0.05) is 18.6 Å². The van der Waals surface area contributed by atoms with Crippen LogP contribution in [0, 0.1) is 5.92 Å². The Morgan fingerprint density at radius 1 is 1.57 bits per heavy atom. The second kappa shape index (κ2) is 4.60. The molecule has 14 heavy (non-hydrogen) atoms. The molecule has 0 aromatic rings. The number of rotatable bonds is 3. The molecule has 1 rings (SSSR count). The first kappa shape index (κ1) is 11.2. The van der Waals surface area contributed by atoms with Crippen molar-refractivity contribution < 1.29 is 4.79 Å². The second-order valence-corrected chi connectivity index (χ2v) is 4.11. The molecule has 2 N–H and O–H groups in total. The molecule has 1 aliphatic rings. The summed E-state index contributed by atoms with van der Waals surface area (Å²) in [4.78, 5) is 13.9. The molecule has 0 saturated carbocycles. The molecular formula is C11H20N2O. The van der Waals surface area contributed by atoms with Crippen LogP contribution in [0.5, 0.6) is 0 Å². The maximum atomic E-state index is 12.0. The van der Waals surface area contributed by atoms with Crippen molar-refractivity contribution in [3.63, 3.8) is 0 Å². The maximum absolute atomic E-state index is 12.0. The molecule has 1 aliphatic carbocycles. The van der Waals surface area contributed by atoms with Crippen LogP contribution in [0.4, 0.5) is 0 Å². The van der Waals surface area contributed by atoms with E-state index in [-0.39, 0.29) is 23.9 Å². The Morgan fingerprint density at radius 3 is 2.57 bits per heavy atom. The second-order valence-electron chi connectivity index (χ2n) is 4.11. The molecule has 80 valence electrons. The summed E-state index contributed by atoms with van der Waals surface area (Å²) < 4.78 is 0. The highest BCUT2D eigenvalue weighted by Crippen LogP contribution is 2.19. The normalized spacial score (nSPS) is 25.8. The highest BCUT2D eigenvalue weighted by atomic mass is 16.2. The van der Waals surface area contributed by atoms with Gasteiger partial charge < -0.3 is 10.6 Å². The molecule has 0 heterocycles. The quantitative estimate of drug-likeness (QED) is 0.688. The monoisotopic (exact) mass is 196 g/mol. The zero-order chi connectivity index (χ0) is 10.7. The van der Waals surface area contributed by atoms with Gasteiger partial charge in [0.05, 0.1) is 5.92 Å². The highest BCUT2D eigenvalue weighted by Gasteiger charge is 2.27. The van der Waals surface area contributed by atoms with Gasteiger partial charge >= 0.3 is 0 Å². The number of hydrogen-bond acceptors (Lipinski definition) is 2. The first-order valence-corrected chi connectivity index (χ1v) is 5.30. The summed E-state index contributed by atoms with van der Waals surface area (Å²) in [5, 5.41) is 0. The lowest BCUT2D eigenvalue weighted by atomic mass is 10.1. The van der Waals surface area contributed by atoms with Crippen molar-refractivity contribution >= 4 is 5.91 Å². The smallest absolute Gasteiger partial charge is 0.229 e. The summed E-state index contributed by atoms with van der Waals surface area (Å²) in [7, 11) is 0. The Kier molecular flexibility index (Phi) is 3.69. The molecule has 0 spiro atoms. The van der Waals surface area contributed by atoms with Gasteiger partial charge in [-0.2, -0.15) is 0 Å². The van der Waals surface area contributed by atoms with E-state index in [1.807, 2.05) is 37.8 Å². The van der Waals surface area contributed by atoms with Gasteiger partial charge in [0.2, 0.25) is 5.91 Å². The Balaban J connectivity index is 2.60. The van der Waals surface area contributed by atoms with E-state index in [9.17, 15) is 4.79 Å². The summed E-state index contributed by atoms with van der Waals surface area (Å²) in [6.07, 6.45) is 4.64. The lowest BCUT2D eigenvalue weighted by molar-refractivity contribution is -0.135. The van der Waals surface area contributed by atoms with Crippen LogP contribution in [0.15, 0.2) is 12.2 Å². The van der Waals surface area contributed by atoms with Crippen molar-refractivity contribution in [1.82, 2.24) is 4.90 Å². The van der Waals surface area contributed by atoms with Crippen LogP contribution in [-0.4, -0.2) is 29.4 Å². The molecule has 0 radical (unpaired) electrons. The summed E-state index contributed by atoms with van der Waals surface area (Å²) in [5.41, 5.74) is 5.72. The van der Waals surface area contributed by atoms with Gasteiger partial charge in [-0.05, 0) is 27.2 Å². The fourth-order valence-electron chi connectivity index (χ4n) is 1.90. The van der Waals surface area contributed by atoms with Gasteiger partial charge in [-0.1, -0.05) is 12.2 Å². The van der Waals surface area contributed by atoms with Crippen molar-refractivity contribution in [3.05, 3.63) is 12.2 Å². The van der Waals surface area contributed by atoms with E-state index in [4.69, 9.17) is 5.73 Å².